The van der Waals surface area contributed by atoms with Crippen molar-refractivity contribution in [1.29, 1.82) is 0 Å². The average molecular weight is 332 g/mol. The van der Waals surface area contributed by atoms with Gasteiger partial charge in [0.25, 0.3) is 0 Å². The Bertz CT molecular complexity index is 494. The van der Waals surface area contributed by atoms with Gasteiger partial charge in [-0.05, 0) is 49.5 Å². The van der Waals surface area contributed by atoms with Gasteiger partial charge in [0.15, 0.2) is 0 Å². The Morgan fingerprint density at radius 3 is 2.29 bits per heavy atom. The summed E-state index contributed by atoms with van der Waals surface area (Å²) in [5.74, 6) is 1.66. The van der Waals surface area contributed by atoms with Crippen LogP contribution in [0.3, 0.4) is 0 Å². The third-order valence-electron chi connectivity index (χ3n) is 3.36. The number of allylic oxidation sites excluding steroid dienone is 7. The van der Waals surface area contributed by atoms with Gasteiger partial charge in [-0.25, -0.2) is 0 Å². The van der Waals surface area contributed by atoms with E-state index >= 15 is 0 Å². The molecule has 0 aliphatic rings. The van der Waals surface area contributed by atoms with Crippen molar-refractivity contribution in [1.82, 2.24) is 0 Å². The van der Waals surface area contributed by atoms with Crippen LogP contribution in [0.1, 0.15) is 33.6 Å². The summed E-state index contributed by atoms with van der Waals surface area (Å²) < 4.78 is 10.9. The second-order valence-electron chi connectivity index (χ2n) is 6.10. The van der Waals surface area contributed by atoms with Crippen LogP contribution in [-0.2, 0) is 9.47 Å². The zero-order valence-electron chi connectivity index (χ0n) is 15.6. The Balaban J connectivity index is 4.27. The van der Waals surface area contributed by atoms with E-state index in [0.717, 1.165) is 24.4 Å². The molecule has 24 heavy (non-hydrogen) atoms. The van der Waals surface area contributed by atoms with Crippen molar-refractivity contribution in [2.24, 2.45) is 11.1 Å². The van der Waals surface area contributed by atoms with Crippen LogP contribution in [0.4, 0.5) is 0 Å². The lowest BCUT2D eigenvalue weighted by atomic mass is 9.85. The zero-order valence-corrected chi connectivity index (χ0v) is 15.6. The van der Waals surface area contributed by atoms with E-state index in [1.54, 1.807) is 13.2 Å². The van der Waals surface area contributed by atoms with Crippen LogP contribution in [0.15, 0.2) is 72.8 Å². The largest absolute Gasteiger partial charge is 0.497 e. The zero-order chi connectivity index (χ0) is 18.3. The summed E-state index contributed by atoms with van der Waals surface area (Å²) in [4.78, 5) is 0. The van der Waals surface area contributed by atoms with E-state index in [1.165, 1.54) is 0 Å². The van der Waals surface area contributed by atoms with Crippen LogP contribution in [0.2, 0.25) is 0 Å². The number of hydrogen-bond acceptors (Lipinski definition) is 3. The smallest absolute Gasteiger partial charge is 0.118 e. The fraction of sp³-hybridized carbons (Fsp3) is 0.429. The number of ether oxygens (including phenoxy) is 2. The maximum atomic E-state index is 5.65. The molecule has 0 heterocycles. The lowest BCUT2D eigenvalue weighted by Gasteiger charge is -2.20. The lowest BCUT2D eigenvalue weighted by Crippen LogP contribution is -2.08. The molecule has 0 bridgehead atoms. The Labute approximate surface area is 147 Å². The van der Waals surface area contributed by atoms with Crippen LogP contribution in [0.25, 0.3) is 0 Å². The monoisotopic (exact) mass is 331 g/mol. The van der Waals surface area contributed by atoms with E-state index in [0.29, 0.717) is 13.2 Å². The number of hydrogen-bond donors (Lipinski definition) is 1. The normalized spacial score (nSPS) is 14.0. The Morgan fingerprint density at radius 2 is 1.71 bits per heavy atom. The third-order valence-corrected chi connectivity index (χ3v) is 3.36. The first-order valence-corrected chi connectivity index (χ1v) is 8.33. The van der Waals surface area contributed by atoms with Gasteiger partial charge >= 0.3 is 0 Å². The van der Waals surface area contributed by atoms with Gasteiger partial charge in [0.1, 0.15) is 18.1 Å². The summed E-state index contributed by atoms with van der Waals surface area (Å²) >= 11 is 0. The molecule has 134 valence electrons. The first-order chi connectivity index (χ1) is 11.5. The van der Waals surface area contributed by atoms with E-state index in [9.17, 15) is 0 Å². The van der Waals surface area contributed by atoms with Gasteiger partial charge in [-0.15, -0.1) is 0 Å². The highest BCUT2D eigenvalue weighted by Gasteiger charge is 2.13. The molecular formula is C21H33NO2. The molecule has 0 saturated heterocycles. The molecule has 0 atom stereocenters. The number of methoxy groups -OCH3 is 1. The molecule has 2 N–H and O–H groups in total. The predicted octanol–water partition coefficient (Wildman–Crippen LogP) is 5.06. The van der Waals surface area contributed by atoms with Gasteiger partial charge in [-0.3, -0.25) is 0 Å². The van der Waals surface area contributed by atoms with Crippen molar-refractivity contribution in [3.05, 3.63) is 72.8 Å². The van der Waals surface area contributed by atoms with Crippen LogP contribution < -0.4 is 5.73 Å². The Morgan fingerprint density at radius 1 is 1.04 bits per heavy atom. The molecule has 0 amide bonds. The minimum Gasteiger partial charge on any atom is -0.497 e. The molecule has 3 heteroatoms. The molecule has 0 aromatic rings. The molecule has 0 fully saturated rings. The Hall–Kier alpha value is -2.00. The highest BCUT2D eigenvalue weighted by atomic mass is 16.5. The van der Waals surface area contributed by atoms with E-state index in [2.05, 4.69) is 38.7 Å². The van der Waals surface area contributed by atoms with Gasteiger partial charge in [0.05, 0.1) is 7.11 Å². The summed E-state index contributed by atoms with van der Waals surface area (Å²) in [6.45, 7) is 11.2. The van der Waals surface area contributed by atoms with Crippen molar-refractivity contribution in [2.75, 3.05) is 20.3 Å². The molecule has 0 spiro atoms. The minimum atomic E-state index is 0.183. The van der Waals surface area contributed by atoms with Crippen LogP contribution in [0, 0.1) is 5.41 Å². The summed E-state index contributed by atoms with van der Waals surface area (Å²) in [6, 6.07) is 0. The standard InChI is InChI=1S/C21H33NO2/c1-6-12-20(23-5)13-10-16-21(3,4)15-8-9-18-24-19(7-2)14-11-17-22/h6-14H,1,15-18,22H2,2-5H3/b9-8-,13-10-,14-11-,19-7+,20-12+. The summed E-state index contributed by atoms with van der Waals surface area (Å²) in [7, 11) is 1.66. The molecule has 3 nitrogen and oxygen atoms in total. The SMILES string of the molecule is C=C/C=C(\C=C/CC(C)(C)C/C=C\COC(/C=C\CN)=C/C)OC. The predicted molar refractivity (Wildman–Crippen MR) is 104 cm³/mol. The van der Waals surface area contributed by atoms with Gasteiger partial charge in [0, 0.05) is 6.54 Å². The van der Waals surface area contributed by atoms with Crippen LogP contribution in [0.5, 0.6) is 0 Å². The fourth-order valence-electron chi connectivity index (χ4n) is 1.91. The number of nitrogens with two attached hydrogens (primary N) is 1. The van der Waals surface area contributed by atoms with Crippen LogP contribution in [-0.4, -0.2) is 20.3 Å². The molecule has 0 rings (SSSR count). The van der Waals surface area contributed by atoms with Gasteiger partial charge < -0.3 is 15.2 Å². The van der Waals surface area contributed by atoms with Gasteiger partial charge in [0.2, 0.25) is 0 Å². The van der Waals surface area contributed by atoms with Crippen molar-refractivity contribution >= 4 is 0 Å². The molecule has 0 aliphatic carbocycles. The second kappa shape index (κ2) is 13.4. The summed E-state index contributed by atoms with van der Waals surface area (Å²) in [5.41, 5.74) is 5.62. The number of rotatable bonds is 12. The summed E-state index contributed by atoms with van der Waals surface area (Å²) in [6.07, 6.45) is 19.6. The first-order valence-electron chi connectivity index (χ1n) is 8.33. The van der Waals surface area contributed by atoms with Crippen molar-refractivity contribution in [3.63, 3.8) is 0 Å². The van der Waals surface area contributed by atoms with E-state index in [-0.39, 0.29) is 5.41 Å². The van der Waals surface area contributed by atoms with Crippen molar-refractivity contribution in [2.45, 2.75) is 33.6 Å². The molecule has 0 unspecified atom stereocenters. The van der Waals surface area contributed by atoms with Gasteiger partial charge in [-0.1, -0.05) is 50.8 Å². The maximum absolute atomic E-state index is 5.65. The quantitative estimate of drug-likeness (QED) is 0.309. The van der Waals surface area contributed by atoms with Gasteiger partial charge in [-0.2, -0.15) is 0 Å². The molecule has 0 aliphatic heterocycles. The van der Waals surface area contributed by atoms with E-state index in [4.69, 9.17) is 15.2 Å². The highest BCUT2D eigenvalue weighted by molar-refractivity contribution is 5.17. The van der Waals surface area contributed by atoms with Crippen molar-refractivity contribution in [3.8, 4) is 0 Å². The minimum absolute atomic E-state index is 0.183. The molecule has 0 aromatic carbocycles. The molecular weight excluding hydrogens is 298 g/mol. The summed E-state index contributed by atoms with van der Waals surface area (Å²) in [5, 5.41) is 0. The first kappa shape index (κ1) is 22.0. The van der Waals surface area contributed by atoms with Crippen LogP contribution >= 0.6 is 0 Å². The third kappa shape index (κ3) is 11.6. The average Bonchev–Trinajstić information content (AvgIpc) is 2.56. The Kier molecular flexibility index (Phi) is 12.3. The highest BCUT2D eigenvalue weighted by Crippen LogP contribution is 2.26. The molecule has 0 radical (unpaired) electrons. The molecule has 0 aromatic heterocycles. The molecule has 0 saturated carbocycles. The van der Waals surface area contributed by atoms with E-state index < -0.39 is 0 Å². The lowest BCUT2D eigenvalue weighted by molar-refractivity contribution is 0.260. The topological polar surface area (TPSA) is 44.5 Å². The second-order valence-corrected chi connectivity index (χ2v) is 6.10. The maximum Gasteiger partial charge on any atom is 0.118 e. The van der Waals surface area contributed by atoms with E-state index in [1.807, 2.05) is 37.3 Å². The van der Waals surface area contributed by atoms with Crippen molar-refractivity contribution < 1.29 is 9.47 Å². The fourth-order valence-corrected chi connectivity index (χ4v) is 1.91.